The van der Waals surface area contributed by atoms with Crippen molar-refractivity contribution >= 4 is 11.8 Å². The standard InChI is InChI=1S/C14H25N3O3/c1-10(14(19)17-7-4-3-5-8-17)16-13(18)12-11(2)20-9-6-15-12/h10-12,15H,3-9H2,1-2H3,(H,16,18)/t10-,11+,12-/m0/s1. The van der Waals surface area contributed by atoms with Gasteiger partial charge in [-0.25, -0.2) is 0 Å². The van der Waals surface area contributed by atoms with Crippen LogP contribution in [0, 0.1) is 0 Å². The lowest BCUT2D eigenvalue weighted by Crippen LogP contribution is -2.58. The normalized spacial score (nSPS) is 28.8. The van der Waals surface area contributed by atoms with E-state index >= 15 is 0 Å². The van der Waals surface area contributed by atoms with Crippen LogP contribution in [0.4, 0.5) is 0 Å². The van der Waals surface area contributed by atoms with Crippen LogP contribution >= 0.6 is 0 Å². The van der Waals surface area contributed by atoms with E-state index in [1.807, 2.05) is 11.8 Å². The Kier molecular flexibility index (Phi) is 5.37. The van der Waals surface area contributed by atoms with E-state index in [9.17, 15) is 9.59 Å². The van der Waals surface area contributed by atoms with E-state index in [4.69, 9.17) is 4.74 Å². The molecule has 0 saturated carbocycles. The van der Waals surface area contributed by atoms with Crippen molar-refractivity contribution in [1.29, 1.82) is 0 Å². The fourth-order valence-electron chi connectivity index (χ4n) is 2.78. The predicted octanol–water partition coefficient (Wildman–Crippen LogP) is -0.119. The molecule has 114 valence electrons. The molecule has 0 bridgehead atoms. The Morgan fingerprint density at radius 1 is 1.30 bits per heavy atom. The Hall–Kier alpha value is -1.14. The van der Waals surface area contributed by atoms with E-state index in [1.165, 1.54) is 6.42 Å². The number of piperidine rings is 1. The minimum atomic E-state index is -0.475. The summed E-state index contributed by atoms with van der Waals surface area (Å²) in [7, 11) is 0. The maximum atomic E-state index is 12.3. The van der Waals surface area contributed by atoms with Crippen LogP contribution in [-0.4, -0.2) is 61.1 Å². The zero-order valence-corrected chi connectivity index (χ0v) is 12.4. The third-order valence-corrected chi connectivity index (χ3v) is 4.00. The van der Waals surface area contributed by atoms with Gasteiger partial charge < -0.3 is 20.3 Å². The summed E-state index contributed by atoms with van der Waals surface area (Å²) in [6, 6.07) is -0.850. The van der Waals surface area contributed by atoms with Gasteiger partial charge in [0.25, 0.3) is 0 Å². The minimum Gasteiger partial charge on any atom is -0.375 e. The Bertz CT molecular complexity index is 356. The zero-order valence-electron chi connectivity index (χ0n) is 12.4. The van der Waals surface area contributed by atoms with Gasteiger partial charge in [-0.3, -0.25) is 9.59 Å². The Balaban J connectivity index is 1.84. The molecule has 20 heavy (non-hydrogen) atoms. The smallest absolute Gasteiger partial charge is 0.244 e. The molecular weight excluding hydrogens is 258 g/mol. The molecule has 2 fully saturated rings. The summed E-state index contributed by atoms with van der Waals surface area (Å²) in [4.78, 5) is 26.3. The van der Waals surface area contributed by atoms with Crippen molar-refractivity contribution in [2.75, 3.05) is 26.2 Å². The second kappa shape index (κ2) is 7.04. The number of ether oxygens (including phenoxy) is 1. The van der Waals surface area contributed by atoms with Gasteiger partial charge in [0.2, 0.25) is 11.8 Å². The van der Waals surface area contributed by atoms with Crippen LogP contribution in [-0.2, 0) is 14.3 Å². The van der Waals surface area contributed by atoms with Crippen LogP contribution in [0.15, 0.2) is 0 Å². The van der Waals surface area contributed by atoms with Crippen molar-refractivity contribution in [2.24, 2.45) is 0 Å². The molecule has 2 saturated heterocycles. The Labute approximate surface area is 120 Å². The molecule has 3 atom stereocenters. The average Bonchev–Trinajstić information content (AvgIpc) is 2.47. The number of carbonyl (C=O) groups is 2. The first-order valence-corrected chi connectivity index (χ1v) is 7.53. The lowest BCUT2D eigenvalue weighted by atomic mass is 10.1. The monoisotopic (exact) mass is 283 g/mol. The quantitative estimate of drug-likeness (QED) is 0.757. The molecule has 6 heteroatoms. The third kappa shape index (κ3) is 3.70. The highest BCUT2D eigenvalue weighted by Gasteiger charge is 2.31. The number of likely N-dealkylation sites (tertiary alicyclic amines) is 1. The molecule has 2 aliphatic heterocycles. The highest BCUT2D eigenvalue weighted by atomic mass is 16.5. The lowest BCUT2D eigenvalue weighted by Gasteiger charge is -2.32. The lowest BCUT2D eigenvalue weighted by molar-refractivity contribution is -0.138. The third-order valence-electron chi connectivity index (χ3n) is 4.00. The van der Waals surface area contributed by atoms with Gasteiger partial charge in [0.1, 0.15) is 12.1 Å². The van der Waals surface area contributed by atoms with Crippen LogP contribution in [0.3, 0.4) is 0 Å². The maximum absolute atomic E-state index is 12.3. The number of hydrogen-bond acceptors (Lipinski definition) is 4. The summed E-state index contributed by atoms with van der Waals surface area (Å²) in [5.41, 5.74) is 0. The summed E-state index contributed by atoms with van der Waals surface area (Å²) < 4.78 is 5.45. The Morgan fingerprint density at radius 3 is 2.65 bits per heavy atom. The highest BCUT2D eigenvalue weighted by molar-refractivity contribution is 5.89. The van der Waals surface area contributed by atoms with E-state index in [0.29, 0.717) is 13.2 Å². The van der Waals surface area contributed by atoms with Gasteiger partial charge in [0.05, 0.1) is 12.7 Å². The highest BCUT2D eigenvalue weighted by Crippen LogP contribution is 2.10. The summed E-state index contributed by atoms with van der Waals surface area (Å²) in [6.07, 6.45) is 3.13. The first-order chi connectivity index (χ1) is 9.59. The molecule has 2 rings (SSSR count). The second-order valence-electron chi connectivity index (χ2n) is 5.62. The number of nitrogens with zero attached hydrogens (tertiary/aromatic N) is 1. The number of carbonyl (C=O) groups excluding carboxylic acids is 2. The van der Waals surface area contributed by atoms with Crippen molar-refractivity contribution in [2.45, 2.75) is 51.3 Å². The van der Waals surface area contributed by atoms with E-state index in [1.54, 1.807) is 6.92 Å². The molecule has 2 heterocycles. The Morgan fingerprint density at radius 2 is 2.00 bits per heavy atom. The number of rotatable bonds is 3. The SMILES string of the molecule is C[C@H](NC(=O)[C@H]1NCCO[C@@H]1C)C(=O)N1CCCCC1. The first-order valence-electron chi connectivity index (χ1n) is 7.53. The molecule has 0 unspecified atom stereocenters. The molecular formula is C14H25N3O3. The van der Waals surface area contributed by atoms with E-state index in [2.05, 4.69) is 10.6 Å². The largest absolute Gasteiger partial charge is 0.375 e. The van der Waals surface area contributed by atoms with Crippen LogP contribution in [0.2, 0.25) is 0 Å². The van der Waals surface area contributed by atoms with Gasteiger partial charge in [-0.15, -0.1) is 0 Å². The van der Waals surface area contributed by atoms with E-state index in [0.717, 1.165) is 25.9 Å². The van der Waals surface area contributed by atoms with Crippen molar-refractivity contribution in [3.8, 4) is 0 Å². The molecule has 6 nitrogen and oxygen atoms in total. The van der Waals surface area contributed by atoms with E-state index < -0.39 is 6.04 Å². The fraction of sp³-hybridized carbons (Fsp3) is 0.857. The number of morpholine rings is 1. The molecule has 0 aromatic rings. The molecule has 2 aliphatic rings. The van der Waals surface area contributed by atoms with Crippen molar-refractivity contribution < 1.29 is 14.3 Å². The average molecular weight is 283 g/mol. The second-order valence-corrected chi connectivity index (χ2v) is 5.62. The van der Waals surface area contributed by atoms with Crippen molar-refractivity contribution in [3.05, 3.63) is 0 Å². The van der Waals surface area contributed by atoms with E-state index in [-0.39, 0.29) is 24.0 Å². The van der Waals surface area contributed by atoms with Crippen molar-refractivity contribution in [1.82, 2.24) is 15.5 Å². The molecule has 0 radical (unpaired) electrons. The zero-order chi connectivity index (χ0) is 14.5. The molecule has 0 aliphatic carbocycles. The first kappa shape index (κ1) is 15.3. The maximum Gasteiger partial charge on any atom is 0.244 e. The van der Waals surface area contributed by atoms with Crippen LogP contribution in [0.25, 0.3) is 0 Å². The molecule has 0 spiro atoms. The summed E-state index contributed by atoms with van der Waals surface area (Å²) >= 11 is 0. The van der Waals surface area contributed by atoms with Crippen LogP contribution in [0.1, 0.15) is 33.1 Å². The molecule has 0 aromatic carbocycles. The number of nitrogens with one attached hydrogen (secondary N) is 2. The fourth-order valence-corrected chi connectivity index (χ4v) is 2.78. The van der Waals surface area contributed by atoms with Gasteiger partial charge in [0.15, 0.2) is 0 Å². The topological polar surface area (TPSA) is 70.7 Å². The molecule has 2 amide bonds. The summed E-state index contributed by atoms with van der Waals surface area (Å²) in [5, 5.41) is 5.93. The number of amides is 2. The van der Waals surface area contributed by atoms with Gasteiger partial charge in [-0.1, -0.05) is 0 Å². The van der Waals surface area contributed by atoms with Crippen LogP contribution in [0.5, 0.6) is 0 Å². The van der Waals surface area contributed by atoms with Gasteiger partial charge in [-0.05, 0) is 33.1 Å². The summed E-state index contributed by atoms with van der Waals surface area (Å²) in [6.45, 7) is 6.52. The number of hydrogen-bond donors (Lipinski definition) is 2. The van der Waals surface area contributed by atoms with Crippen LogP contribution < -0.4 is 10.6 Å². The minimum absolute atomic E-state index is 0.0161. The van der Waals surface area contributed by atoms with Gasteiger partial charge in [-0.2, -0.15) is 0 Å². The predicted molar refractivity (Wildman–Crippen MR) is 75.2 cm³/mol. The van der Waals surface area contributed by atoms with Crippen molar-refractivity contribution in [3.63, 3.8) is 0 Å². The van der Waals surface area contributed by atoms with Gasteiger partial charge in [0, 0.05) is 19.6 Å². The van der Waals surface area contributed by atoms with Gasteiger partial charge >= 0.3 is 0 Å². The summed E-state index contributed by atoms with van der Waals surface area (Å²) in [5.74, 6) is -0.141. The molecule has 2 N–H and O–H groups in total. The molecule has 0 aromatic heterocycles.